The fourth-order valence-corrected chi connectivity index (χ4v) is 2.39. The molecule has 2 aromatic rings. The molecule has 0 aromatic heterocycles. The lowest BCUT2D eigenvalue weighted by Gasteiger charge is -2.13. The van der Waals surface area contributed by atoms with Crippen LogP contribution in [0.3, 0.4) is 0 Å². The van der Waals surface area contributed by atoms with Gasteiger partial charge in [-0.1, -0.05) is 24.3 Å². The largest absolute Gasteiger partial charge is 0.573 e. The molecule has 0 bridgehead atoms. The van der Waals surface area contributed by atoms with Crippen LogP contribution in [0.4, 0.5) is 13.2 Å². The van der Waals surface area contributed by atoms with E-state index < -0.39 is 6.36 Å². The summed E-state index contributed by atoms with van der Waals surface area (Å²) < 4.78 is 51.1. The zero-order valence-electron chi connectivity index (χ0n) is 16.7. The standard InChI is InChI=1S/C20H24F3N3O3.HI/c1-14-3-6-16(18(11-14)28-10-9-27-2)13-26-19(24)25-12-15-4-7-17(8-5-15)29-20(21,22)23;/h3-8,11H,9-10,12-13H2,1-2H3,(H3,24,25,26);1H. The number of alkyl halides is 3. The third kappa shape index (κ3) is 9.53. The molecule has 0 aliphatic carbocycles. The van der Waals surface area contributed by atoms with E-state index in [0.29, 0.717) is 25.3 Å². The van der Waals surface area contributed by atoms with Crippen molar-refractivity contribution in [2.75, 3.05) is 20.3 Å². The van der Waals surface area contributed by atoms with Crippen LogP contribution < -0.4 is 20.5 Å². The SMILES string of the molecule is COCCOc1cc(C)ccc1CNC(N)=NCc1ccc(OC(F)(F)F)cc1.I. The van der Waals surface area contributed by atoms with E-state index in [2.05, 4.69) is 15.0 Å². The minimum Gasteiger partial charge on any atom is -0.491 e. The average Bonchev–Trinajstić information content (AvgIpc) is 2.66. The van der Waals surface area contributed by atoms with Crippen LogP contribution in [0.25, 0.3) is 0 Å². The number of ether oxygens (including phenoxy) is 3. The van der Waals surface area contributed by atoms with Crippen molar-refractivity contribution in [3.05, 3.63) is 59.2 Å². The Bertz CT molecular complexity index is 815. The number of hydrogen-bond donors (Lipinski definition) is 2. The molecule has 0 unspecified atom stereocenters. The second-order valence-electron chi connectivity index (χ2n) is 6.20. The first kappa shape index (κ1) is 25.8. The molecule has 0 saturated heterocycles. The fraction of sp³-hybridized carbons (Fsp3) is 0.350. The van der Waals surface area contributed by atoms with Gasteiger partial charge in [-0.05, 0) is 36.2 Å². The molecule has 0 aliphatic heterocycles. The molecule has 0 atom stereocenters. The predicted molar refractivity (Wildman–Crippen MR) is 119 cm³/mol. The Kier molecular flexibility index (Phi) is 10.7. The van der Waals surface area contributed by atoms with E-state index in [4.69, 9.17) is 15.2 Å². The van der Waals surface area contributed by atoms with Crippen molar-refractivity contribution in [2.24, 2.45) is 10.7 Å². The minimum absolute atomic E-state index is 0. The van der Waals surface area contributed by atoms with Crippen molar-refractivity contribution in [3.8, 4) is 11.5 Å². The molecule has 0 amide bonds. The number of halogens is 4. The number of nitrogens with one attached hydrogen (secondary N) is 1. The molecule has 166 valence electrons. The van der Waals surface area contributed by atoms with Gasteiger partial charge in [-0.3, -0.25) is 0 Å². The zero-order valence-corrected chi connectivity index (χ0v) is 19.0. The third-order valence-corrected chi connectivity index (χ3v) is 3.82. The van der Waals surface area contributed by atoms with E-state index in [9.17, 15) is 13.2 Å². The maximum Gasteiger partial charge on any atom is 0.573 e. The maximum atomic E-state index is 12.2. The van der Waals surface area contributed by atoms with Crippen molar-refractivity contribution < 1.29 is 27.4 Å². The van der Waals surface area contributed by atoms with E-state index in [-0.39, 0.29) is 42.2 Å². The molecule has 2 aromatic carbocycles. The van der Waals surface area contributed by atoms with E-state index in [1.54, 1.807) is 7.11 Å². The predicted octanol–water partition coefficient (Wildman–Crippen LogP) is 4.14. The summed E-state index contributed by atoms with van der Waals surface area (Å²) in [5.41, 5.74) is 8.57. The molecule has 0 saturated carbocycles. The molecular formula is C20H25F3IN3O3. The van der Waals surface area contributed by atoms with Crippen molar-refractivity contribution in [2.45, 2.75) is 26.4 Å². The van der Waals surface area contributed by atoms with Crippen LogP contribution in [0.1, 0.15) is 16.7 Å². The Balaban J connectivity index is 0.00000450. The number of nitrogens with zero attached hydrogens (tertiary/aromatic N) is 1. The Labute approximate surface area is 190 Å². The summed E-state index contributed by atoms with van der Waals surface area (Å²) in [5, 5.41) is 3.00. The van der Waals surface area contributed by atoms with Crippen molar-refractivity contribution >= 4 is 29.9 Å². The highest BCUT2D eigenvalue weighted by Gasteiger charge is 2.30. The molecule has 0 aliphatic rings. The summed E-state index contributed by atoms with van der Waals surface area (Å²) in [5.74, 6) is 0.670. The van der Waals surface area contributed by atoms with E-state index in [1.165, 1.54) is 24.3 Å². The number of nitrogens with two attached hydrogens (primary N) is 1. The molecule has 0 spiro atoms. The van der Waals surface area contributed by atoms with Gasteiger partial charge in [0.15, 0.2) is 5.96 Å². The Morgan fingerprint density at radius 3 is 2.43 bits per heavy atom. The summed E-state index contributed by atoms with van der Waals surface area (Å²) in [4.78, 5) is 4.20. The van der Waals surface area contributed by atoms with Crippen LogP contribution in [-0.2, 0) is 17.8 Å². The van der Waals surface area contributed by atoms with Gasteiger partial charge in [0.1, 0.15) is 18.1 Å². The van der Waals surface area contributed by atoms with Crippen LogP contribution in [-0.4, -0.2) is 32.6 Å². The second-order valence-corrected chi connectivity index (χ2v) is 6.20. The number of hydrogen-bond acceptors (Lipinski definition) is 4. The zero-order chi connectivity index (χ0) is 21.3. The number of methoxy groups -OCH3 is 1. The molecule has 30 heavy (non-hydrogen) atoms. The number of aliphatic imine (C=N–C) groups is 1. The molecule has 0 radical (unpaired) electrons. The molecular weight excluding hydrogens is 514 g/mol. The number of rotatable bonds is 9. The van der Waals surface area contributed by atoms with Gasteiger partial charge in [0, 0.05) is 19.2 Å². The van der Waals surface area contributed by atoms with Gasteiger partial charge >= 0.3 is 6.36 Å². The number of benzene rings is 2. The molecule has 2 rings (SSSR count). The first-order valence-corrected chi connectivity index (χ1v) is 8.86. The van der Waals surface area contributed by atoms with Crippen LogP contribution in [0.15, 0.2) is 47.5 Å². The highest BCUT2D eigenvalue weighted by molar-refractivity contribution is 14.0. The maximum absolute atomic E-state index is 12.2. The minimum atomic E-state index is -4.71. The smallest absolute Gasteiger partial charge is 0.491 e. The lowest BCUT2D eigenvalue weighted by atomic mass is 10.1. The summed E-state index contributed by atoms with van der Waals surface area (Å²) in [6.07, 6.45) is -4.71. The summed E-state index contributed by atoms with van der Waals surface area (Å²) in [6, 6.07) is 11.3. The van der Waals surface area contributed by atoms with Crippen LogP contribution in [0.2, 0.25) is 0 Å². The highest BCUT2D eigenvalue weighted by atomic mass is 127. The Morgan fingerprint density at radius 2 is 1.80 bits per heavy atom. The summed E-state index contributed by atoms with van der Waals surface area (Å²) in [6.45, 7) is 3.52. The van der Waals surface area contributed by atoms with E-state index >= 15 is 0 Å². The van der Waals surface area contributed by atoms with Crippen LogP contribution in [0, 0.1) is 6.92 Å². The first-order valence-electron chi connectivity index (χ1n) is 8.86. The number of guanidine groups is 1. The fourth-order valence-electron chi connectivity index (χ4n) is 2.39. The molecule has 6 nitrogen and oxygen atoms in total. The molecule has 3 N–H and O–H groups in total. The van der Waals surface area contributed by atoms with Gasteiger partial charge in [0.05, 0.1) is 13.2 Å². The molecule has 0 fully saturated rings. The van der Waals surface area contributed by atoms with Gasteiger partial charge in [-0.2, -0.15) is 0 Å². The normalized spacial score (nSPS) is 11.6. The molecule has 0 heterocycles. The van der Waals surface area contributed by atoms with Crippen LogP contribution >= 0.6 is 24.0 Å². The number of aryl methyl sites for hydroxylation is 1. The summed E-state index contributed by atoms with van der Waals surface area (Å²) in [7, 11) is 1.61. The van der Waals surface area contributed by atoms with Gasteiger partial charge in [0.2, 0.25) is 0 Å². The Morgan fingerprint density at radius 1 is 1.10 bits per heavy atom. The van der Waals surface area contributed by atoms with Gasteiger partial charge in [-0.15, -0.1) is 37.1 Å². The van der Waals surface area contributed by atoms with E-state index in [0.717, 1.165) is 16.9 Å². The van der Waals surface area contributed by atoms with Gasteiger partial charge in [-0.25, -0.2) is 4.99 Å². The van der Waals surface area contributed by atoms with Crippen molar-refractivity contribution in [1.29, 1.82) is 0 Å². The lowest BCUT2D eigenvalue weighted by molar-refractivity contribution is -0.274. The van der Waals surface area contributed by atoms with Crippen molar-refractivity contribution in [1.82, 2.24) is 5.32 Å². The topological polar surface area (TPSA) is 78.1 Å². The average molecular weight is 539 g/mol. The van der Waals surface area contributed by atoms with Crippen LogP contribution in [0.5, 0.6) is 11.5 Å². The quantitative estimate of drug-likeness (QED) is 0.217. The van der Waals surface area contributed by atoms with Gasteiger partial charge in [0.25, 0.3) is 0 Å². The molecule has 10 heteroatoms. The Hall–Kier alpha value is -2.21. The highest BCUT2D eigenvalue weighted by Crippen LogP contribution is 2.23. The van der Waals surface area contributed by atoms with E-state index in [1.807, 2.05) is 25.1 Å². The second kappa shape index (κ2) is 12.5. The lowest BCUT2D eigenvalue weighted by Crippen LogP contribution is -2.31. The summed E-state index contributed by atoms with van der Waals surface area (Å²) >= 11 is 0. The van der Waals surface area contributed by atoms with Gasteiger partial charge < -0.3 is 25.3 Å². The first-order chi connectivity index (χ1) is 13.8. The van der Waals surface area contributed by atoms with Crippen molar-refractivity contribution in [3.63, 3.8) is 0 Å². The third-order valence-electron chi connectivity index (χ3n) is 3.82. The monoisotopic (exact) mass is 539 g/mol.